The summed E-state index contributed by atoms with van der Waals surface area (Å²) in [5, 5.41) is 5.56. The summed E-state index contributed by atoms with van der Waals surface area (Å²) in [6, 6.07) is 12.1. The van der Waals surface area contributed by atoms with Crippen molar-refractivity contribution >= 4 is 21.4 Å². The maximum Gasteiger partial charge on any atom is 0.573 e. The number of amides is 1. The highest BCUT2D eigenvalue weighted by Crippen LogP contribution is 2.23. The van der Waals surface area contributed by atoms with E-state index in [1.807, 2.05) is 0 Å². The molecular weight excluding hydrogens is 435 g/mol. The number of rotatable bonds is 10. The first-order chi connectivity index (χ1) is 14.4. The third kappa shape index (κ3) is 9.26. The fourth-order valence-electron chi connectivity index (χ4n) is 2.68. The highest BCUT2D eigenvalue weighted by molar-refractivity contribution is 7.90. The zero-order valence-electron chi connectivity index (χ0n) is 16.7. The Kier molecular flexibility index (Phi) is 8.28. The fraction of sp³-hybridized carbons (Fsp3) is 0.350. The minimum atomic E-state index is -4.76. The predicted octanol–water partition coefficient (Wildman–Crippen LogP) is 2.44. The standard InChI is InChI=1S/C20H24F3N3O4S/c1-14(11-25-16-7-9-17(10-8-16)30-20(21,22)23)26-19(27)18(24)13-31(28,29)12-15-5-3-2-4-6-15/h2-10,14,18,25H,11-13,24H2,1H3,(H,26,27)/t14-,18-/m0/s1. The Balaban J connectivity index is 1.79. The predicted molar refractivity (Wildman–Crippen MR) is 111 cm³/mol. The van der Waals surface area contributed by atoms with Gasteiger partial charge in [-0.3, -0.25) is 4.79 Å². The van der Waals surface area contributed by atoms with Crippen molar-refractivity contribution in [3.63, 3.8) is 0 Å². The minimum Gasteiger partial charge on any atom is -0.406 e. The molecule has 11 heteroatoms. The highest BCUT2D eigenvalue weighted by atomic mass is 32.2. The van der Waals surface area contributed by atoms with Gasteiger partial charge in [0.2, 0.25) is 5.91 Å². The summed E-state index contributed by atoms with van der Waals surface area (Å²) < 4.78 is 64.8. The van der Waals surface area contributed by atoms with Gasteiger partial charge in [-0.2, -0.15) is 0 Å². The zero-order valence-corrected chi connectivity index (χ0v) is 17.5. The molecule has 0 radical (unpaired) electrons. The summed E-state index contributed by atoms with van der Waals surface area (Å²) in [5.41, 5.74) is 6.89. The number of hydrogen-bond donors (Lipinski definition) is 3. The monoisotopic (exact) mass is 459 g/mol. The van der Waals surface area contributed by atoms with Crippen LogP contribution in [-0.2, 0) is 20.4 Å². The molecule has 0 aliphatic heterocycles. The van der Waals surface area contributed by atoms with Crippen molar-refractivity contribution in [1.29, 1.82) is 0 Å². The highest BCUT2D eigenvalue weighted by Gasteiger charge is 2.31. The van der Waals surface area contributed by atoms with Crippen molar-refractivity contribution < 1.29 is 31.1 Å². The molecule has 0 heterocycles. The smallest absolute Gasteiger partial charge is 0.406 e. The number of alkyl halides is 3. The molecule has 0 fully saturated rings. The lowest BCUT2D eigenvalue weighted by Gasteiger charge is -2.19. The summed E-state index contributed by atoms with van der Waals surface area (Å²) in [7, 11) is -3.58. The van der Waals surface area contributed by atoms with Crippen LogP contribution in [0.25, 0.3) is 0 Å². The SMILES string of the molecule is C[C@@H](CNc1ccc(OC(F)(F)F)cc1)NC(=O)[C@@H](N)CS(=O)(=O)Cc1ccccc1. The summed E-state index contributed by atoms with van der Waals surface area (Å²) in [6.45, 7) is 1.92. The molecule has 31 heavy (non-hydrogen) atoms. The normalized spacial score (nSPS) is 13.8. The number of nitrogens with one attached hydrogen (secondary N) is 2. The third-order valence-corrected chi connectivity index (χ3v) is 5.73. The van der Waals surface area contributed by atoms with E-state index in [4.69, 9.17) is 5.73 Å². The lowest BCUT2D eigenvalue weighted by Crippen LogP contribution is -2.49. The second-order valence-corrected chi connectivity index (χ2v) is 9.12. The Labute approximate surface area is 178 Å². The van der Waals surface area contributed by atoms with Crippen LogP contribution in [0.5, 0.6) is 5.75 Å². The van der Waals surface area contributed by atoms with E-state index in [0.29, 0.717) is 11.3 Å². The molecule has 0 aromatic heterocycles. The molecule has 0 spiro atoms. The van der Waals surface area contributed by atoms with Gasteiger partial charge < -0.3 is 21.1 Å². The fourth-order valence-corrected chi connectivity index (χ4v) is 4.20. The van der Waals surface area contributed by atoms with Gasteiger partial charge >= 0.3 is 6.36 Å². The maximum atomic E-state index is 12.3. The number of ether oxygens (including phenoxy) is 1. The molecule has 0 saturated carbocycles. The molecule has 0 aliphatic rings. The lowest BCUT2D eigenvalue weighted by molar-refractivity contribution is -0.274. The molecule has 2 aromatic carbocycles. The van der Waals surface area contributed by atoms with Crippen LogP contribution < -0.4 is 21.1 Å². The van der Waals surface area contributed by atoms with Gasteiger partial charge in [0.1, 0.15) is 5.75 Å². The van der Waals surface area contributed by atoms with Gasteiger partial charge in [-0.1, -0.05) is 30.3 Å². The first-order valence-corrected chi connectivity index (χ1v) is 11.2. The molecule has 0 bridgehead atoms. The van der Waals surface area contributed by atoms with E-state index in [2.05, 4.69) is 15.4 Å². The van der Waals surface area contributed by atoms with E-state index in [-0.39, 0.29) is 18.0 Å². The van der Waals surface area contributed by atoms with E-state index < -0.39 is 39.9 Å². The van der Waals surface area contributed by atoms with Crippen LogP contribution >= 0.6 is 0 Å². The Morgan fingerprint density at radius 2 is 1.71 bits per heavy atom. The average molecular weight is 459 g/mol. The minimum absolute atomic E-state index is 0.208. The van der Waals surface area contributed by atoms with Crippen LogP contribution in [0.15, 0.2) is 54.6 Å². The molecule has 2 atom stereocenters. The van der Waals surface area contributed by atoms with E-state index in [1.165, 1.54) is 12.1 Å². The van der Waals surface area contributed by atoms with Crippen LogP contribution in [0.4, 0.5) is 18.9 Å². The van der Waals surface area contributed by atoms with Gasteiger partial charge in [0.25, 0.3) is 0 Å². The Morgan fingerprint density at radius 3 is 2.29 bits per heavy atom. The van der Waals surface area contributed by atoms with Crippen molar-refractivity contribution in [2.45, 2.75) is 31.1 Å². The van der Waals surface area contributed by atoms with Crippen molar-refractivity contribution in [2.75, 3.05) is 17.6 Å². The molecule has 2 aromatic rings. The molecule has 4 N–H and O–H groups in total. The van der Waals surface area contributed by atoms with Crippen LogP contribution in [0, 0.1) is 0 Å². The number of hydrogen-bond acceptors (Lipinski definition) is 6. The van der Waals surface area contributed by atoms with Gasteiger partial charge in [0.15, 0.2) is 9.84 Å². The molecule has 1 amide bonds. The second-order valence-electron chi connectivity index (χ2n) is 7.01. The molecule has 0 aliphatic carbocycles. The van der Waals surface area contributed by atoms with Crippen molar-refractivity contribution in [3.8, 4) is 5.75 Å². The second kappa shape index (κ2) is 10.5. The molecule has 2 rings (SSSR count). The summed E-state index contributed by atoms with van der Waals surface area (Å²) in [5.74, 6) is -1.66. The van der Waals surface area contributed by atoms with Gasteiger partial charge in [-0.05, 0) is 36.8 Å². The molecule has 0 saturated heterocycles. The lowest BCUT2D eigenvalue weighted by atomic mass is 10.2. The summed E-state index contributed by atoms with van der Waals surface area (Å²) in [4.78, 5) is 12.2. The van der Waals surface area contributed by atoms with Gasteiger partial charge in [0, 0.05) is 18.3 Å². The number of anilines is 1. The number of nitrogens with two attached hydrogens (primary N) is 1. The van der Waals surface area contributed by atoms with Crippen molar-refractivity contribution in [2.24, 2.45) is 5.73 Å². The van der Waals surface area contributed by atoms with Crippen LogP contribution in [-0.4, -0.2) is 45.1 Å². The molecule has 7 nitrogen and oxygen atoms in total. The molecule has 170 valence electrons. The van der Waals surface area contributed by atoms with E-state index in [9.17, 15) is 26.4 Å². The topological polar surface area (TPSA) is 111 Å². The van der Waals surface area contributed by atoms with Gasteiger partial charge in [-0.25, -0.2) is 8.42 Å². The quantitative estimate of drug-likeness (QED) is 0.503. The van der Waals surface area contributed by atoms with E-state index in [0.717, 1.165) is 12.1 Å². The Morgan fingerprint density at radius 1 is 1.10 bits per heavy atom. The Bertz CT molecular complexity index is 952. The van der Waals surface area contributed by atoms with E-state index in [1.54, 1.807) is 37.3 Å². The third-order valence-electron chi connectivity index (χ3n) is 4.09. The number of halogens is 3. The summed E-state index contributed by atoms with van der Waals surface area (Å²) >= 11 is 0. The number of sulfone groups is 1. The summed E-state index contributed by atoms with van der Waals surface area (Å²) in [6.07, 6.45) is -4.76. The van der Waals surface area contributed by atoms with Crippen molar-refractivity contribution in [3.05, 3.63) is 60.2 Å². The first-order valence-electron chi connectivity index (χ1n) is 9.33. The Hall–Kier alpha value is -2.79. The van der Waals surface area contributed by atoms with Crippen molar-refractivity contribution in [1.82, 2.24) is 5.32 Å². The number of carbonyl (C=O) groups excluding carboxylic acids is 1. The molecule has 0 unspecified atom stereocenters. The molecular formula is C20H24F3N3O4S. The van der Waals surface area contributed by atoms with Gasteiger partial charge in [-0.15, -0.1) is 13.2 Å². The number of benzene rings is 2. The number of carbonyl (C=O) groups is 1. The zero-order chi connectivity index (χ0) is 23.1. The van der Waals surface area contributed by atoms with E-state index >= 15 is 0 Å². The van der Waals surface area contributed by atoms with Crippen LogP contribution in [0.1, 0.15) is 12.5 Å². The van der Waals surface area contributed by atoms with Gasteiger partial charge in [0.05, 0.1) is 17.5 Å². The van der Waals surface area contributed by atoms with Crippen LogP contribution in [0.3, 0.4) is 0 Å². The largest absolute Gasteiger partial charge is 0.573 e. The first kappa shape index (κ1) is 24.5. The average Bonchev–Trinajstić information content (AvgIpc) is 2.66. The maximum absolute atomic E-state index is 12.3. The van der Waals surface area contributed by atoms with Crippen LogP contribution in [0.2, 0.25) is 0 Å².